The number of hydrogen-bond acceptors (Lipinski definition) is 4. The lowest BCUT2D eigenvalue weighted by molar-refractivity contribution is 0.0585. The van der Waals surface area contributed by atoms with Crippen LogP contribution in [0.15, 0.2) is 48.5 Å². The summed E-state index contributed by atoms with van der Waals surface area (Å²) in [5.41, 5.74) is 2.53. The minimum Gasteiger partial charge on any atom is -0.494 e. The Hall–Kier alpha value is -2.67. The Balaban J connectivity index is 1.38. The van der Waals surface area contributed by atoms with Crippen LogP contribution >= 0.6 is 11.8 Å². The molecule has 3 amide bonds. The molecule has 4 rings (SSSR count). The molecule has 7 heteroatoms. The lowest BCUT2D eigenvalue weighted by Gasteiger charge is -2.44. The average molecular weight is 440 g/mol. The first-order valence-electron chi connectivity index (χ1n) is 10.8. The van der Waals surface area contributed by atoms with Crippen molar-refractivity contribution in [3.8, 4) is 5.75 Å². The monoisotopic (exact) mass is 439 g/mol. The van der Waals surface area contributed by atoms with Crippen molar-refractivity contribution in [2.45, 2.75) is 31.6 Å². The van der Waals surface area contributed by atoms with E-state index in [0.29, 0.717) is 19.7 Å². The number of benzene rings is 2. The maximum absolute atomic E-state index is 13.3. The summed E-state index contributed by atoms with van der Waals surface area (Å²) >= 11 is 1.86. The van der Waals surface area contributed by atoms with Crippen molar-refractivity contribution in [1.82, 2.24) is 9.80 Å². The van der Waals surface area contributed by atoms with Gasteiger partial charge in [0, 0.05) is 36.6 Å². The second-order valence-corrected chi connectivity index (χ2v) is 9.40. The van der Waals surface area contributed by atoms with Crippen LogP contribution in [0.2, 0.25) is 0 Å². The van der Waals surface area contributed by atoms with Crippen LogP contribution in [-0.4, -0.2) is 58.6 Å². The number of aryl methyl sites for hydroxylation is 1. The highest BCUT2D eigenvalue weighted by Crippen LogP contribution is 2.44. The predicted octanol–water partition coefficient (Wildman–Crippen LogP) is 4.61. The van der Waals surface area contributed by atoms with E-state index in [-0.39, 0.29) is 16.8 Å². The summed E-state index contributed by atoms with van der Waals surface area (Å²) in [6.07, 6.45) is 1.57. The molecule has 2 aliphatic rings. The molecule has 0 atom stereocenters. The molecule has 31 heavy (non-hydrogen) atoms. The highest BCUT2D eigenvalue weighted by atomic mass is 32.2. The van der Waals surface area contributed by atoms with Gasteiger partial charge in [0.15, 0.2) is 0 Å². The van der Waals surface area contributed by atoms with Gasteiger partial charge in [-0.15, -0.1) is 11.8 Å². The lowest BCUT2D eigenvalue weighted by atomic mass is 10.00. The van der Waals surface area contributed by atoms with E-state index in [2.05, 4.69) is 5.32 Å². The van der Waals surface area contributed by atoms with E-state index >= 15 is 0 Å². The summed E-state index contributed by atoms with van der Waals surface area (Å²) in [6.45, 7) is 6.56. The maximum Gasteiger partial charge on any atom is 0.321 e. The first-order chi connectivity index (χ1) is 15.0. The summed E-state index contributed by atoms with van der Waals surface area (Å²) in [5, 5.41) is 2.97. The van der Waals surface area contributed by atoms with Gasteiger partial charge in [-0.1, -0.05) is 18.2 Å². The van der Waals surface area contributed by atoms with E-state index < -0.39 is 0 Å². The Morgan fingerprint density at radius 2 is 1.77 bits per heavy atom. The van der Waals surface area contributed by atoms with Gasteiger partial charge in [0.2, 0.25) is 0 Å². The fraction of sp³-hybridized carbons (Fsp3) is 0.417. The third-order valence-electron chi connectivity index (χ3n) is 6.05. The molecule has 1 spiro atoms. The first kappa shape index (κ1) is 21.6. The van der Waals surface area contributed by atoms with Gasteiger partial charge < -0.3 is 19.9 Å². The highest BCUT2D eigenvalue weighted by molar-refractivity contribution is 8.00. The largest absolute Gasteiger partial charge is 0.494 e. The molecule has 1 N–H and O–H groups in total. The van der Waals surface area contributed by atoms with Gasteiger partial charge in [-0.25, -0.2) is 4.79 Å². The zero-order valence-electron chi connectivity index (χ0n) is 18.1. The number of nitrogens with zero attached hydrogens (tertiary/aromatic N) is 2. The number of nitrogens with one attached hydrogen (secondary N) is 1. The molecule has 0 radical (unpaired) electrons. The number of amides is 3. The van der Waals surface area contributed by atoms with E-state index in [9.17, 15) is 9.59 Å². The third-order valence-corrected chi connectivity index (χ3v) is 7.60. The van der Waals surface area contributed by atoms with Crippen molar-refractivity contribution in [2.24, 2.45) is 0 Å². The van der Waals surface area contributed by atoms with E-state index in [1.807, 2.05) is 83.9 Å². The molecule has 0 unspecified atom stereocenters. The molecule has 2 saturated heterocycles. The quantitative estimate of drug-likeness (QED) is 0.756. The molecule has 0 saturated carbocycles. The number of likely N-dealkylation sites (tertiary alicyclic amines) is 1. The zero-order valence-corrected chi connectivity index (χ0v) is 18.9. The number of ether oxygens (including phenoxy) is 1. The Bertz CT molecular complexity index is 939. The number of rotatable bonds is 4. The van der Waals surface area contributed by atoms with Crippen LogP contribution in [0.5, 0.6) is 5.75 Å². The Morgan fingerprint density at radius 3 is 2.45 bits per heavy atom. The van der Waals surface area contributed by atoms with Gasteiger partial charge in [0.1, 0.15) is 5.75 Å². The van der Waals surface area contributed by atoms with Gasteiger partial charge >= 0.3 is 6.03 Å². The number of carbonyl (C=O) groups is 2. The summed E-state index contributed by atoms with van der Waals surface area (Å²) < 4.78 is 5.45. The molecule has 2 aromatic carbocycles. The van der Waals surface area contributed by atoms with Gasteiger partial charge in [-0.2, -0.15) is 0 Å². The van der Waals surface area contributed by atoms with Gasteiger partial charge in [-0.3, -0.25) is 4.79 Å². The number of anilines is 1. The van der Waals surface area contributed by atoms with Crippen molar-refractivity contribution in [1.29, 1.82) is 0 Å². The van der Waals surface area contributed by atoms with Crippen molar-refractivity contribution >= 4 is 29.4 Å². The second kappa shape index (κ2) is 9.22. The first-order valence-corrected chi connectivity index (χ1v) is 11.8. The van der Waals surface area contributed by atoms with Crippen LogP contribution in [0.25, 0.3) is 0 Å². The number of carbonyl (C=O) groups excluding carboxylic acids is 2. The Kier molecular flexibility index (Phi) is 6.41. The summed E-state index contributed by atoms with van der Waals surface area (Å²) in [6, 6.07) is 15.1. The number of piperidine rings is 1. The Labute approximate surface area is 187 Å². The van der Waals surface area contributed by atoms with Crippen LogP contribution in [0.3, 0.4) is 0 Å². The molecule has 164 valence electrons. The van der Waals surface area contributed by atoms with E-state index in [1.165, 1.54) is 0 Å². The van der Waals surface area contributed by atoms with E-state index in [1.54, 1.807) is 0 Å². The third kappa shape index (κ3) is 4.51. The maximum atomic E-state index is 13.3. The molecule has 0 aromatic heterocycles. The van der Waals surface area contributed by atoms with Crippen LogP contribution in [0, 0.1) is 6.92 Å². The molecule has 6 nitrogen and oxygen atoms in total. The van der Waals surface area contributed by atoms with Crippen LogP contribution in [-0.2, 0) is 0 Å². The molecule has 0 aliphatic carbocycles. The van der Waals surface area contributed by atoms with Crippen molar-refractivity contribution in [3.63, 3.8) is 0 Å². The van der Waals surface area contributed by atoms with Gasteiger partial charge in [0.05, 0.1) is 11.5 Å². The molecule has 2 heterocycles. The SMILES string of the molecule is CCOc1ccc(NC(=O)N2CCC3(CC2)SCCN3C(=O)c2ccccc2C)cc1. The molecule has 0 bridgehead atoms. The minimum absolute atomic E-state index is 0.0983. The number of hydrogen-bond donors (Lipinski definition) is 1. The van der Waals surface area contributed by atoms with Crippen LogP contribution < -0.4 is 10.1 Å². The molecular formula is C24H29N3O3S. The van der Waals surface area contributed by atoms with E-state index in [0.717, 1.165) is 47.7 Å². The molecular weight excluding hydrogens is 410 g/mol. The standard InChI is InChI=1S/C24H29N3O3S/c1-3-30-20-10-8-19(9-11-20)25-23(29)26-14-12-24(13-15-26)27(16-17-31-24)22(28)21-7-5-4-6-18(21)2/h4-11H,3,12-17H2,1-2H3,(H,25,29). The summed E-state index contributed by atoms with van der Waals surface area (Å²) in [7, 11) is 0. The van der Waals surface area contributed by atoms with Crippen molar-refractivity contribution in [3.05, 3.63) is 59.7 Å². The van der Waals surface area contributed by atoms with E-state index in [4.69, 9.17) is 4.74 Å². The highest BCUT2D eigenvalue weighted by Gasteiger charge is 2.47. The number of urea groups is 1. The zero-order chi connectivity index (χ0) is 21.8. The average Bonchev–Trinajstić information content (AvgIpc) is 3.18. The second-order valence-electron chi connectivity index (χ2n) is 7.94. The predicted molar refractivity (Wildman–Crippen MR) is 125 cm³/mol. The molecule has 2 aromatic rings. The Morgan fingerprint density at radius 1 is 1.06 bits per heavy atom. The summed E-state index contributed by atoms with van der Waals surface area (Å²) in [4.78, 5) is 29.7. The van der Waals surface area contributed by atoms with Crippen molar-refractivity contribution < 1.29 is 14.3 Å². The fourth-order valence-corrected chi connectivity index (χ4v) is 5.79. The smallest absolute Gasteiger partial charge is 0.321 e. The molecule has 2 fully saturated rings. The van der Waals surface area contributed by atoms with Crippen LogP contribution in [0.4, 0.5) is 10.5 Å². The van der Waals surface area contributed by atoms with Crippen LogP contribution in [0.1, 0.15) is 35.7 Å². The molecule has 2 aliphatic heterocycles. The van der Waals surface area contributed by atoms with Crippen molar-refractivity contribution in [2.75, 3.05) is 37.3 Å². The fourth-order valence-electron chi connectivity index (χ4n) is 4.33. The van der Waals surface area contributed by atoms with Gasteiger partial charge in [-0.05, 0) is 62.6 Å². The minimum atomic E-state index is -0.213. The number of thioether (sulfide) groups is 1. The summed E-state index contributed by atoms with van der Waals surface area (Å²) in [5.74, 6) is 1.84. The topological polar surface area (TPSA) is 61.9 Å². The van der Waals surface area contributed by atoms with Gasteiger partial charge in [0.25, 0.3) is 5.91 Å². The lowest BCUT2D eigenvalue weighted by Crippen LogP contribution is -2.54. The normalized spacial score (nSPS) is 17.6.